The molecule has 5 heteroatoms. The predicted molar refractivity (Wildman–Crippen MR) is 105 cm³/mol. The van der Waals surface area contributed by atoms with Crippen molar-refractivity contribution in [3.05, 3.63) is 24.3 Å². The summed E-state index contributed by atoms with van der Waals surface area (Å²) in [4.78, 5) is 12.8. The molecule has 0 bridgehead atoms. The average Bonchev–Trinajstić information content (AvgIpc) is 2.46. The number of ether oxygens (including phenoxy) is 2. The first-order valence-electron chi connectivity index (χ1n) is 9.45. The second-order valence-corrected chi connectivity index (χ2v) is 8.99. The second kappa shape index (κ2) is 7.47. The fourth-order valence-corrected chi connectivity index (χ4v) is 3.90. The van der Waals surface area contributed by atoms with Crippen LogP contribution in [-0.2, 0) is 4.79 Å². The lowest BCUT2D eigenvalue weighted by molar-refractivity contribution is -0.135. The number of hydrogen-bond donors (Lipinski definition) is 2. The first-order chi connectivity index (χ1) is 11.9. The maximum absolute atomic E-state index is 12.8. The molecule has 146 valence electrons. The molecule has 5 nitrogen and oxygen atoms in total. The van der Waals surface area contributed by atoms with Crippen LogP contribution in [0.5, 0.6) is 11.5 Å². The number of carbonyl (C=O) groups excluding carboxylic acids is 1. The van der Waals surface area contributed by atoms with E-state index in [0.717, 1.165) is 18.6 Å². The summed E-state index contributed by atoms with van der Waals surface area (Å²) in [6.07, 6.45) is 1.78. The van der Waals surface area contributed by atoms with Crippen molar-refractivity contribution < 1.29 is 14.3 Å². The number of amides is 1. The van der Waals surface area contributed by atoms with Gasteiger partial charge in [-0.05, 0) is 85.6 Å². The van der Waals surface area contributed by atoms with Crippen LogP contribution in [0.25, 0.3) is 0 Å². The van der Waals surface area contributed by atoms with E-state index in [4.69, 9.17) is 9.47 Å². The third-order valence-corrected chi connectivity index (χ3v) is 4.58. The lowest BCUT2D eigenvalue weighted by Crippen LogP contribution is -2.63. The zero-order chi connectivity index (χ0) is 19.6. The SMILES string of the molecule is CCOc1ccc(OC(C)(C)C(=O)NC2CC(C)(C)NC(C)(C)C2)cc1. The van der Waals surface area contributed by atoms with Crippen molar-refractivity contribution in [1.82, 2.24) is 10.6 Å². The maximum atomic E-state index is 12.8. The Morgan fingerprint density at radius 3 is 2.12 bits per heavy atom. The molecule has 0 radical (unpaired) electrons. The summed E-state index contributed by atoms with van der Waals surface area (Å²) in [5, 5.41) is 6.83. The summed E-state index contributed by atoms with van der Waals surface area (Å²) in [6, 6.07) is 7.49. The van der Waals surface area contributed by atoms with Gasteiger partial charge in [-0.25, -0.2) is 0 Å². The van der Waals surface area contributed by atoms with Gasteiger partial charge < -0.3 is 20.1 Å². The Bertz CT molecular complexity index is 605. The van der Waals surface area contributed by atoms with Crippen LogP contribution in [0.2, 0.25) is 0 Å². The summed E-state index contributed by atoms with van der Waals surface area (Å²) >= 11 is 0. The van der Waals surface area contributed by atoms with Crippen molar-refractivity contribution >= 4 is 5.91 Å². The molecule has 1 aliphatic heterocycles. The molecule has 0 aliphatic carbocycles. The molecule has 2 N–H and O–H groups in total. The highest BCUT2D eigenvalue weighted by Gasteiger charge is 2.40. The molecule has 1 aromatic rings. The van der Waals surface area contributed by atoms with E-state index in [-0.39, 0.29) is 23.0 Å². The number of hydrogen-bond acceptors (Lipinski definition) is 4. The van der Waals surface area contributed by atoms with Crippen molar-refractivity contribution in [2.45, 2.75) is 84.0 Å². The van der Waals surface area contributed by atoms with E-state index in [9.17, 15) is 4.79 Å². The zero-order valence-corrected chi connectivity index (χ0v) is 17.2. The van der Waals surface area contributed by atoms with Crippen molar-refractivity contribution in [1.29, 1.82) is 0 Å². The Hall–Kier alpha value is -1.75. The molecular formula is C21H34N2O3. The van der Waals surface area contributed by atoms with Crippen molar-refractivity contribution in [3.8, 4) is 11.5 Å². The topological polar surface area (TPSA) is 59.6 Å². The zero-order valence-electron chi connectivity index (χ0n) is 17.2. The quantitative estimate of drug-likeness (QED) is 0.811. The normalized spacial score (nSPS) is 19.7. The van der Waals surface area contributed by atoms with E-state index in [2.05, 4.69) is 38.3 Å². The fraction of sp³-hybridized carbons (Fsp3) is 0.667. The predicted octanol–water partition coefficient (Wildman–Crippen LogP) is 3.67. The van der Waals surface area contributed by atoms with Gasteiger partial charge in [0.15, 0.2) is 5.60 Å². The maximum Gasteiger partial charge on any atom is 0.263 e. The highest BCUT2D eigenvalue weighted by molar-refractivity contribution is 5.85. The van der Waals surface area contributed by atoms with Gasteiger partial charge in [-0.3, -0.25) is 4.79 Å². The molecule has 26 heavy (non-hydrogen) atoms. The Kier molecular flexibility index (Phi) is 5.91. The molecule has 1 amide bonds. The van der Waals surface area contributed by atoms with Gasteiger partial charge in [0.05, 0.1) is 6.61 Å². The van der Waals surface area contributed by atoms with Gasteiger partial charge >= 0.3 is 0 Å². The van der Waals surface area contributed by atoms with Crippen LogP contribution in [0.4, 0.5) is 0 Å². The summed E-state index contributed by atoms with van der Waals surface area (Å²) < 4.78 is 11.4. The Morgan fingerprint density at radius 1 is 1.12 bits per heavy atom. The van der Waals surface area contributed by atoms with Gasteiger partial charge in [0.25, 0.3) is 5.91 Å². The number of nitrogens with one attached hydrogen (secondary N) is 2. The number of benzene rings is 1. The van der Waals surface area contributed by atoms with Gasteiger partial charge in [0.1, 0.15) is 11.5 Å². The van der Waals surface area contributed by atoms with E-state index in [1.165, 1.54) is 0 Å². The fourth-order valence-electron chi connectivity index (χ4n) is 3.90. The number of piperidine rings is 1. The van der Waals surface area contributed by atoms with Gasteiger partial charge in [0.2, 0.25) is 0 Å². The van der Waals surface area contributed by atoms with E-state index >= 15 is 0 Å². The smallest absolute Gasteiger partial charge is 0.263 e. The average molecular weight is 363 g/mol. The molecule has 1 aliphatic rings. The monoisotopic (exact) mass is 362 g/mol. The van der Waals surface area contributed by atoms with Crippen LogP contribution in [0.1, 0.15) is 61.3 Å². The third-order valence-electron chi connectivity index (χ3n) is 4.58. The molecular weight excluding hydrogens is 328 g/mol. The summed E-state index contributed by atoms with van der Waals surface area (Å²) in [6.45, 7) is 14.9. The molecule has 1 aromatic carbocycles. The molecule has 1 heterocycles. The number of carbonyl (C=O) groups is 1. The van der Waals surface area contributed by atoms with Crippen LogP contribution in [0, 0.1) is 0 Å². The molecule has 0 atom stereocenters. The van der Waals surface area contributed by atoms with Gasteiger partial charge in [-0.1, -0.05) is 0 Å². The Morgan fingerprint density at radius 2 is 1.62 bits per heavy atom. The van der Waals surface area contributed by atoms with Crippen LogP contribution < -0.4 is 20.1 Å². The van der Waals surface area contributed by atoms with Crippen LogP contribution in [0.15, 0.2) is 24.3 Å². The second-order valence-electron chi connectivity index (χ2n) is 8.99. The summed E-state index contributed by atoms with van der Waals surface area (Å²) in [5.41, 5.74) is -0.980. The van der Waals surface area contributed by atoms with Crippen LogP contribution >= 0.6 is 0 Å². The summed E-state index contributed by atoms with van der Waals surface area (Å²) in [7, 11) is 0. The minimum Gasteiger partial charge on any atom is -0.494 e. The van der Waals surface area contributed by atoms with Crippen LogP contribution in [-0.4, -0.2) is 35.2 Å². The van der Waals surface area contributed by atoms with E-state index < -0.39 is 5.60 Å². The lowest BCUT2D eigenvalue weighted by Gasteiger charge is -2.47. The third kappa shape index (κ3) is 5.63. The van der Waals surface area contributed by atoms with Crippen LogP contribution in [0.3, 0.4) is 0 Å². The van der Waals surface area contributed by atoms with Crippen molar-refractivity contribution in [3.63, 3.8) is 0 Å². The van der Waals surface area contributed by atoms with Crippen molar-refractivity contribution in [2.75, 3.05) is 6.61 Å². The standard InChI is InChI=1S/C21H34N2O3/c1-8-25-16-9-11-17(12-10-16)26-21(6,7)18(24)22-15-13-19(2,3)23-20(4,5)14-15/h9-12,15,23H,8,13-14H2,1-7H3,(H,22,24). The van der Waals surface area contributed by atoms with E-state index in [1.54, 1.807) is 13.8 Å². The number of rotatable bonds is 6. The molecule has 0 saturated carbocycles. The molecule has 0 unspecified atom stereocenters. The highest BCUT2D eigenvalue weighted by atomic mass is 16.5. The summed E-state index contributed by atoms with van der Waals surface area (Å²) in [5.74, 6) is 1.35. The van der Waals surface area contributed by atoms with E-state index in [1.807, 2.05) is 31.2 Å². The van der Waals surface area contributed by atoms with Gasteiger partial charge in [-0.2, -0.15) is 0 Å². The van der Waals surface area contributed by atoms with Gasteiger partial charge in [0, 0.05) is 17.1 Å². The first-order valence-corrected chi connectivity index (χ1v) is 9.45. The van der Waals surface area contributed by atoms with Crippen molar-refractivity contribution in [2.24, 2.45) is 0 Å². The minimum absolute atomic E-state index is 0.0141. The molecule has 1 fully saturated rings. The Labute approximate surface area is 157 Å². The van der Waals surface area contributed by atoms with Gasteiger partial charge in [-0.15, -0.1) is 0 Å². The highest BCUT2D eigenvalue weighted by Crippen LogP contribution is 2.29. The Balaban J connectivity index is 2.00. The minimum atomic E-state index is -0.952. The van der Waals surface area contributed by atoms with E-state index in [0.29, 0.717) is 12.4 Å². The molecule has 0 spiro atoms. The molecule has 1 saturated heterocycles. The lowest BCUT2D eigenvalue weighted by atomic mass is 9.79. The molecule has 0 aromatic heterocycles. The largest absolute Gasteiger partial charge is 0.494 e. The molecule has 2 rings (SSSR count). The first kappa shape index (κ1) is 20.6.